The molecule has 0 aromatic carbocycles. The summed E-state index contributed by atoms with van der Waals surface area (Å²) in [6.07, 6.45) is -0.993. The summed E-state index contributed by atoms with van der Waals surface area (Å²) in [5.41, 5.74) is 0. The average molecular weight is 134 g/mol. The maximum Gasteiger partial charge on any atom is 0.311 e. The largest absolute Gasteiger partial charge is 0.481 e. The van der Waals surface area contributed by atoms with Crippen LogP contribution in [0.5, 0.6) is 0 Å². The minimum atomic E-state index is -1.17. The minimum absolute atomic E-state index is 0.521. The zero-order valence-corrected chi connectivity index (χ0v) is 5.11. The number of carboxylic acid groups (broad SMARTS) is 1. The van der Waals surface area contributed by atoms with Gasteiger partial charge in [0.05, 0.1) is 12.7 Å². The zero-order valence-electron chi connectivity index (χ0n) is 5.11. The van der Waals surface area contributed by atoms with E-state index in [4.69, 9.17) is 15.3 Å². The number of hydrogen-bond acceptors (Lipinski definition) is 3. The van der Waals surface area contributed by atoms with Crippen LogP contribution in [-0.4, -0.2) is 34.0 Å². The summed E-state index contributed by atoms with van der Waals surface area (Å²) < 4.78 is 0. The standard InChI is InChI=1S/C5H10O4/c1-3(7)4(2-6)5(8)9/h3-4,6-7H,2H2,1H3,(H,8,9). The summed E-state index contributed by atoms with van der Waals surface area (Å²) in [5, 5.41) is 25.2. The van der Waals surface area contributed by atoms with Gasteiger partial charge in [-0.2, -0.15) is 0 Å². The fourth-order valence-corrected chi connectivity index (χ4v) is 0.437. The van der Waals surface area contributed by atoms with Crippen molar-refractivity contribution in [2.75, 3.05) is 6.61 Å². The molecule has 54 valence electrons. The predicted molar refractivity (Wildman–Crippen MR) is 29.9 cm³/mol. The molecule has 0 radical (unpaired) electrons. The maximum atomic E-state index is 10.1. The molecule has 0 amide bonds. The second-order valence-corrected chi connectivity index (χ2v) is 1.87. The molecule has 0 heterocycles. The van der Waals surface area contributed by atoms with E-state index >= 15 is 0 Å². The molecule has 9 heavy (non-hydrogen) atoms. The molecule has 4 heteroatoms. The summed E-state index contributed by atoms with van der Waals surface area (Å²) in [6, 6.07) is 0. The molecule has 0 spiro atoms. The third kappa shape index (κ3) is 2.43. The van der Waals surface area contributed by atoms with Gasteiger partial charge in [-0.1, -0.05) is 0 Å². The van der Waals surface area contributed by atoms with Gasteiger partial charge in [-0.25, -0.2) is 0 Å². The third-order valence-corrected chi connectivity index (χ3v) is 1.10. The fourth-order valence-electron chi connectivity index (χ4n) is 0.437. The summed E-state index contributed by atoms with van der Waals surface area (Å²) in [7, 11) is 0. The Hall–Kier alpha value is -0.610. The van der Waals surface area contributed by atoms with Crippen molar-refractivity contribution >= 4 is 5.97 Å². The molecule has 0 saturated carbocycles. The van der Waals surface area contributed by atoms with E-state index in [9.17, 15) is 4.79 Å². The molecule has 0 aliphatic carbocycles. The smallest absolute Gasteiger partial charge is 0.311 e. The van der Waals surface area contributed by atoms with Gasteiger partial charge in [-0.05, 0) is 6.92 Å². The van der Waals surface area contributed by atoms with E-state index in [0.29, 0.717) is 0 Å². The lowest BCUT2D eigenvalue weighted by atomic mass is 10.1. The van der Waals surface area contributed by atoms with Crippen LogP contribution in [0.25, 0.3) is 0 Å². The summed E-state index contributed by atoms with van der Waals surface area (Å²) in [4.78, 5) is 10.1. The van der Waals surface area contributed by atoms with E-state index in [1.807, 2.05) is 0 Å². The lowest BCUT2D eigenvalue weighted by Crippen LogP contribution is -2.28. The number of aliphatic hydroxyl groups excluding tert-OH is 2. The molecule has 4 nitrogen and oxygen atoms in total. The fraction of sp³-hybridized carbons (Fsp3) is 0.800. The second-order valence-electron chi connectivity index (χ2n) is 1.87. The Bertz CT molecular complexity index is 99.1. The molecule has 2 unspecified atom stereocenters. The highest BCUT2D eigenvalue weighted by atomic mass is 16.4. The van der Waals surface area contributed by atoms with Gasteiger partial charge in [0.2, 0.25) is 0 Å². The van der Waals surface area contributed by atoms with E-state index in [2.05, 4.69) is 0 Å². The van der Waals surface area contributed by atoms with Crippen molar-refractivity contribution in [2.24, 2.45) is 5.92 Å². The summed E-state index contributed by atoms with van der Waals surface area (Å²) in [6.45, 7) is 0.808. The van der Waals surface area contributed by atoms with Gasteiger partial charge in [-0.3, -0.25) is 4.79 Å². The molecule has 0 bridgehead atoms. The van der Waals surface area contributed by atoms with Gasteiger partial charge in [0.1, 0.15) is 5.92 Å². The van der Waals surface area contributed by atoms with E-state index in [1.165, 1.54) is 6.92 Å². The Balaban J connectivity index is 3.83. The summed E-state index contributed by atoms with van der Waals surface area (Å²) in [5.74, 6) is -2.22. The lowest BCUT2D eigenvalue weighted by molar-refractivity contribution is -0.147. The van der Waals surface area contributed by atoms with Crippen molar-refractivity contribution < 1.29 is 20.1 Å². The van der Waals surface area contributed by atoms with Gasteiger partial charge in [0.15, 0.2) is 0 Å². The van der Waals surface area contributed by atoms with Crippen LogP contribution < -0.4 is 0 Å². The monoisotopic (exact) mass is 134 g/mol. The highest BCUT2D eigenvalue weighted by Gasteiger charge is 2.21. The normalized spacial score (nSPS) is 16.8. The van der Waals surface area contributed by atoms with Crippen LogP contribution in [0, 0.1) is 5.92 Å². The topological polar surface area (TPSA) is 77.8 Å². The van der Waals surface area contributed by atoms with Crippen LogP contribution in [0.3, 0.4) is 0 Å². The van der Waals surface area contributed by atoms with Crippen LogP contribution in [0.15, 0.2) is 0 Å². The number of rotatable bonds is 3. The van der Waals surface area contributed by atoms with Crippen LogP contribution >= 0.6 is 0 Å². The quantitative estimate of drug-likeness (QED) is 0.465. The molecule has 0 rings (SSSR count). The van der Waals surface area contributed by atoms with Gasteiger partial charge >= 0.3 is 5.97 Å². The number of aliphatic carboxylic acids is 1. The van der Waals surface area contributed by atoms with Crippen LogP contribution in [0.4, 0.5) is 0 Å². The van der Waals surface area contributed by atoms with Gasteiger partial charge in [0.25, 0.3) is 0 Å². The number of carboxylic acids is 1. The van der Waals surface area contributed by atoms with Crippen molar-refractivity contribution in [3.05, 3.63) is 0 Å². The lowest BCUT2D eigenvalue weighted by Gasteiger charge is -2.10. The Morgan fingerprint density at radius 2 is 2.11 bits per heavy atom. The molecular formula is C5H10O4. The Labute approximate surface area is 52.7 Å². The molecule has 0 aromatic rings. The highest BCUT2D eigenvalue weighted by Crippen LogP contribution is 2.00. The van der Waals surface area contributed by atoms with E-state index in [1.54, 1.807) is 0 Å². The van der Waals surface area contributed by atoms with E-state index in [0.717, 1.165) is 0 Å². The summed E-state index contributed by atoms with van der Waals surface area (Å²) >= 11 is 0. The predicted octanol–water partition coefficient (Wildman–Crippen LogP) is -0.940. The first-order valence-corrected chi connectivity index (χ1v) is 2.61. The molecule has 0 aliphatic heterocycles. The Kier molecular flexibility index (Phi) is 3.19. The van der Waals surface area contributed by atoms with Gasteiger partial charge < -0.3 is 15.3 Å². The van der Waals surface area contributed by atoms with E-state index < -0.39 is 24.6 Å². The maximum absolute atomic E-state index is 10.1. The zero-order chi connectivity index (χ0) is 7.44. The number of hydrogen-bond donors (Lipinski definition) is 3. The number of carbonyl (C=O) groups is 1. The second kappa shape index (κ2) is 3.42. The van der Waals surface area contributed by atoms with Crippen LogP contribution in [-0.2, 0) is 4.79 Å². The van der Waals surface area contributed by atoms with Crippen molar-refractivity contribution in [3.63, 3.8) is 0 Å². The van der Waals surface area contributed by atoms with Crippen molar-refractivity contribution in [3.8, 4) is 0 Å². The van der Waals surface area contributed by atoms with E-state index in [-0.39, 0.29) is 0 Å². The Morgan fingerprint density at radius 3 is 2.11 bits per heavy atom. The molecule has 2 atom stereocenters. The van der Waals surface area contributed by atoms with Crippen LogP contribution in [0.2, 0.25) is 0 Å². The molecule has 0 aliphatic rings. The molecule has 0 aromatic heterocycles. The van der Waals surface area contributed by atoms with Gasteiger partial charge in [0, 0.05) is 0 Å². The minimum Gasteiger partial charge on any atom is -0.481 e. The molecule has 0 fully saturated rings. The molecule has 3 N–H and O–H groups in total. The first kappa shape index (κ1) is 8.39. The highest BCUT2D eigenvalue weighted by molar-refractivity contribution is 5.70. The number of aliphatic hydroxyl groups is 2. The Morgan fingerprint density at radius 1 is 1.67 bits per heavy atom. The molecular weight excluding hydrogens is 124 g/mol. The van der Waals surface area contributed by atoms with Crippen molar-refractivity contribution in [2.45, 2.75) is 13.0 Å². The SMILES string of the molecule is CC(O)C(CO)C(=O)O. The van der Waals surface area contributed by atoms with Gasteiger partial charge in [-0.15, -0.1) is 0 Å². The first-order valence-electron chi connectivity index (χ1n) is 2.61. The third-order valence-electron chi connectivity index (χ3n) is 1.10. The first-order chi connectivity index (χ1) is 4.09. The van der Waals surface area contributed by atoms with Crippen LogP contribution in [0.1, 0.15) is 6.92 Å². The van der Waals surface area contributed by atoms with Crippen molar-refractivity contribution in [1.82, 2.24) is 0 Å². The molecule has 0 saturated heterocycles. The van der Waals surface area contributed by atoms with Crippen molar-refractivity contribution in [1.29, 1.82) is 0 Å². The average Bonchev–Trinajstić information content (AvgIpc) is 1.64.